The molecule has 12 heavy (non-hydrogen) atoms. The van der Waals surface area contributed by atoms with Gasteiger partial charge >= 0.3 is 5.97 Å². The molecule has 68 valence electrons. The first-order chi connectivity index (χ1) is 5.61. The maximum Gasteiger partial charge on any atom is 0.309 e. The van der Waals surface area contributed by atoms with Crippen molar-refractivity contribution in [3.63, 3.8) is 0 Å². The molecule has 1 fully saturated rings. The zero-order chi connectivity index (χ0) is 9.19. The van der Waals surface area contributed by atoms with E-state index < -0.39 is 11.4 Å². The van der Waals surface area contributed by atoms with Crippen LogP contribution in [0.1, 0.15) is 32.6 Å². The van der Waals surface area contributed by atoms with Gasteiger partial charge in [-0.05, 0) is 38.5 Å². The van der Waals surface area contributed by atoms with Gasteiger partial charge in [-0.2, -0.15) is 0 Å². The Balaban J connectivity index is 2.57. The van der Waals surface area contributed by atoms with Gasteiger partial charge < -0.3 is 5.11 Å². The summed E-state index contributed by atoms with van der Waals surface area (Å²) in [5.74, 6) is -0.234. The van der Waals surface area contributed by atoms with E-state index in [0.717, 1.165) is 25.7 Å². The predicted octanol–water partition coefficient (Wildman–Crippen LogP) is 2.45. The second kappa shape index (κ2) is 3.30. The number of carbonyl (C=O) groups is 1. The highest BCUT2D eigenvalue weighted by Gasteiger charge is 2.46. The van der Waals surface area contributed by atoms with E-state index in [1.54, 1.807) is 6.08 Å². The van der Waals surface area contributed by atoms with Crippen LogP contribution in [0.3, 0.4) is 0 Å². The minimum Gasteiger partial charge on any atom is -0.481 e. The number of allylic oxidation sites excluding steroid dienone is 1. The molecule has 1 aliphatic rings. The van der Waals surface area contributed by atoms with Crippen molar-refractivity contribution in [2.45, 2.75) is 32.6 Å². The molecule has 1 aliphatic carbocycles. The van der Waals surface area contributed by atoms with Gasteiger partial charge in [0.2, 0.25) is 0 Å². The molecule has 0 aliphatic heterocycles. The van der Waals surface area contributed by atoms with Crippen molar-refractivity contribution >= 4 is 5.97 Å². The van der Waals surface area contributed by atoms with Crippen molar-refractivity contribution in [3.8, 4) is 0 Å². The fourth-order valence-corrected chi connectivity index (χ4v) is 1.61. The van der Waals surface area contributed by atoms with Gasteiger partial charge in [0.15, 0.2) is 0 Å². The molecule has 0 aromatic heterocycles. The summed E-state index contributed by atoms with van der Waals surface area (Å²) in [4.78, 5) is 11.0. The van der Waals surface area contributed by atoms with Crippen molar-refractivity contribution < 1.29 is 9.90 Å². The van der Waals surface area contributed by atoms with Gasteiger partial charge in [0.05, 0.1) is 5.41 Å². The Morgan fingerprint density at radius 3 is 2.67 bits per heavy atom. The molecule has 1 rings (SSSR count). The van der Waals surface area contributed by atoms with Crippen LogP contribution in [0.25, 0.3) is 0 Å². The number of carboxylic acid groups (broad SMARTS) is 1. The summed E-state index contributed by atoms with van der Waals surface area (Å²) in [6.45, 7) is 5.47. The third-order valence-electron chi connectivity index (χ3n) is 2.83. The van der Waals surface area contributed by atoms with Gasteiger partial charge in [-0.3, -0.25) is 4.79 Å². The molecule has 0 spiro atoms. The number of carboxylic acids is 1. The maximum atomic E-state index is 11.0. The van der Waals surface area contributed by atoms with E-state index in [1.807, 2.05) is 6.92 Å². The Hall–Kier alpha value is -0.790. The first-order valence-electron chi connectivity index (χ1n) is 4.45. The van der Waals surface area contributed by atoms with Gasteiger partial charge in [0, 0.05) is 0 Å². The van der Waals surface area contributed by atoms with Crippen LogP contribution in [-0.4, -0.2) is 11.1 Å². The second-order valence-corrected chi connectivity index (χ2v) is 3.82. The Kier molecular flexibility index (Phi) is 2.55. The number of hydrogen-bond donors (Lipinski definition) is 1. The summed E-state index contributed by atoms with van der Waals surface area (Å²) in [7, 11) is 0. The number of hydrogen-bond acceptors (Lipinski definition) is 1. The number of rotatable bonds is 5. The Bertz CT molecular complexity index is 194. The summed E-state index contributed by atoms with van der Waals surface area (Å²) in [6, 6.07) is 0. The summed E-state index contributed by atoms with van der Waals surface area (Å²) < 4.78 is 0. The van der Waals surface area contributed by atoms with Gasteiger partial charge in [0.1, 0.15) is 0 Å². The highest BCUT2D eigenvalue weighted by atomic mass is 16.4. The van der Waals surface area contributed by atoms with E-state index in [9.17, 15) is 4.79 Å². The molecule has 0 bridgehead atoms. The van der Waals surface area contributed by atoms with E-state index in [1.165, 1.54) is 0 Å². The Morgan fingerprint density at radius 2 is 2.33 bits per heavy atom. The normalized spacial score (nSPS) is 21.4. The highest BCUT2D eigenvalue weighted by molar-refractivity contribution is 5.75. The smallest absolute Gasteiger partial charge is 0.309 e. The van der Waals surface area contributed by atoms with E-state index in [-0.39, 0.29) is 0 Å². The van der Waals surface area contributed by atoms with Crippen LogP contribution in [0.4, 0.5) is 0 Å². The first kappa shape index (κ1) is 9.30. The van der Waals surface area contributed by atoms with Crippen LogP contribution >= 0.6 is 0 Å². The van der Waals surface area contributed by atoms with Crippen LogP contribution < -0.4 is 0 Å². The first-order valence-corrected chi connectivity index (χ1v) is 4.45. The minimum absolute atomic E-state index is 0.412. The monoisotopic (exact) mass is 168 g/mol. The standard InChI is InChI=1S/C10H16O2/c1-3-4-7-10(2,9(11)12)8-5-6-8/h3,8H,1,4-7H2,2H3,(H,11,12). The molecule has 0 saturated heterocycles. The molecule has 0 radical (unpaired) electrons. The SMILES string of the molecule is C=CCCC(C)(C(=O)O)C1CC1. The molecule has 1 atom stereocenters. The minimum atomic E-state index is -0.646. The fraction of sp³-hybridized carbons (Fsp3) is 0.700. The molecule has 0 heterocycles. The van der Waals surface area contributed by atoms with Crippen molar-refractivity contribution in [1.82, 2.24) is 0 Å². The van der Waals surface area contributed by atoms with E-state index >= 15 is 0 Å². The van der Waals surface area contributed by atoms with Crippen molar-refractivity contribution in [1.29, 1.82) is 0 Å². The summed E-state index contributed by atoms with van der Waals surface area (Å²) >= 11 is 0. The predicted molar refractivity (Wildman–Crippen MR) is 47.9 cm³/mol. The largest absolute Gasteiger partial charge is 0.481 e. The van der Waals surface area contributed by atoms with Crippen LogP contribution in [-0.2, 0) is 4.79 Å². The van der Waals surface area contributed by atoms with Gasteiger partial charge in [0.25, 0.3) is 0 Å². The number of aliphatic carboxylic acids is 1. The van der Waals surface area contributed by atoms with Crippen LogP contribution in [0.5, 0.6) is 0 Å². The molecular weight excluding hydrogens is 152 g/mol. The summed E-state index contributed by atoms with van der Waals surface area (Å²) in [5, 5.41) is 9.04. The van der Waals surface area contributed by atoms with Crippen molar-refractivity contribution in [3.05, 3.63) is 12.7 Å². The van der Waals surface area contributed by atoms with Crippen LogP contribution in [0.15, 0.2) is 12.7 Å². The van der Waals surface area contributed by atoms with E-state index in [0.29, 0.717) is 5.92 Å². The topological polar surface area (TPSA) is 37.3 Å². The summed E-state index contributed by atoms with van der Waals surface area (Å²) in [5.41, 5.74) is -0.492. The quantitative estimate of drug-likeness (QED) is 0.640. The zero-order valence-electron chi connectivity index (χ0n) is 7.55. The molecule has 0 amide bonds. The van der Waals surface area contributed by atoms with Gasteiger partial charge in [-0.1, -0.05) is 6.08 Å². The lowest BCUT2D eigenvalue weighted by atomic mass is 9.80. The van der Waals surface area contributed by atoms with Gasteiger partial charge in [-0.15, -0.1) is 6.58 Å². The fourth-order valence-electron chi connectivity index (χ4n) is 1.61. The molecule has 0 aromatic carbocycles. The third kappa shape index (κ3) is 1.68. The molecule has 2 heteroatoms. The Morgan fingerprint density at radius 1 is 1.75 bits per heavy atom. The van der Waals surface area contributed by atoms with Crippen molar-refractivity contribution in [2.75, 3.05) is 0 Å². The highest BCUT2D eigenvalue weighted by Crippen LogP contribution is 2.48. The molecule has 1 N–H and O–H groups in total. The summed E-state index contributed by atoms with van der Waals surface area (Å²) in [6.07, 6.45) is 5.50. The molecule has 0 aromatic rings. The zero-order valence-corrected chi connectivity index (χ0v) is 7.55. The lowest BCUT2D eigenvalue weighted by molar-refractivity contribution is -0.149. The Labute approximate surface area is 73.3 Å². The van der Waals surface area contributed by atoms with Crippen LogP contribution in [0, 0.1) is 11.3 Å². The lowest BCUT2D eigenvalue weighted by Crippen LogP contribution is -2.29. The van der Waals surface area contributed by atoms with Crippen molar-refractivity contribution in [2.24, 2.45) is 11.3 Å². The van der Waals surface area contributed by atoms with Crippen LogP contribution in [0.2, 0.25) is 0 Å². The second-order valence-electron chi connectivity index (χ2n) is 3.82. The average molecular weight is 168 g/mol. The lowest BCUT2D eigenvalue weighted by Gasteiger charge is -2.23. The average Bonchev–Trinajstić information content (AvgIpc) is 2.82. The van der Waals surface area contributed by atoms with E-state index in [4.69, 9.17) is 5.11 Å². The molecule has 2 nitrogen and oxygen atoms in total. The molecular formula is C10H16O2. The maximum absolute atomic E-state index is 11.0. The van der Waals surface area contributed by atoms with E-state index in [2.05, 4.69) is 6.58 Å². The molecule has 1 saturated carbocycles. The third-order valence-corrected chi connectivity index (χ3v) is 2.83. The molecule has 1 unspecified atom stereocenters. The van der Waals surface area contributed by atoms with Gasteiger partial charge in [-0.25, -0.2) is 0 Å².